The lowest BCUT2D eigenvalue weighted by Gasteiger charge is -2.32. The topological polar surface area (TPSA) is 88.4 Å². The fourth-order valence-corrected chi connectivity index (χ4v) is 4.13. The SMILES string of the molecule is Cc1ccccc1-c1c[nH]c(=O)c2cc(O[C@H](C)C(=O)N3CCC[C@@H](N)C3)ccc12. The minimum absolute atomic E-state index is 0.0222. The number of hydrogen-bond acceptors (Lipinski definition) is 4. The number of ether oxygens (including phenoxy) is 1. The normalized spacial score (nSPS) is 17.7. The van der Waals surface area contributed by atoms with Crippen molar-refractivity contribution in [1.29, 1.82) is 0 Å². The highest BCUT2D eigenvalue weighted by Gasteiger charge is 2.26. The predicted molar refractivity (Wildman–Crippen MR) is 119 cm³/mol. The van der Waals surface area contributed by atoms with E-state index in [0.29, 0.717) is 24.2 Å². The molecule has 1 aliphatic heterocycles. The zero-order valence-electron chi connectivity index (χ0n) is 17.4. The molecular weight excluding hydrogens is 378 g/mol. The summed E-state index contributed by atoms with van der Waals surface area (Å²) in [5.41, 5.74) is 8.96. The van der Waals surface area contributed by atoms with Crippen molar-refractivity contribution in [1.82, 2.24) is 9.88 Å². The van der Waals surface area contributed by atoms with Crippen LogP contribution in [0.25, 0.3) is 21.9 Å². The molecule has 0 aliphatic carbocycles. The molecule has 1 aliphatic rings. The molecule has 1 saturated heterocycles. The van der Waals surface area contributed by atoms with Crippen molar-refractivity contribution in [2.75, 3.05) is 13.1 Å². The maximum atomic E-state index is 12.7. The molecule has 0 bridgehead atoms. The van der Waals surface area contributed by atoms with Gasteiger partial charge in [-0.25, -0.2) is 0 Å². The van der Waals surface area contributed by atoms with E-state index >= 15 is 0 Å². The van der Waals surface area contributed by atoms with Crippen LogP contribution in [0.4, 0.5) is 0 Å². The van der Waals surface area contributed by atoms with Crippen molar-refractivity contribution < 1.29 is 9.53 Å². The number of likely N-dealkylation sites (tertiary alicyclic amines) is 1. The van der Waals surface area contributed by atoms with Crippen LogP contribution < -0.4 is 16.0 Å². The van der Waals surface area contributed by atoms with Crippen LogP contribution in [0.15, 0.2) is 53.5 Å². The van der Waals surface area contributed by atoms with Crippen LogP contribution in [-0.2, 0) is 4.79 Å². The highest BCUT2D eigenvalue weighted by atomic mass is 16.5. The molecule has 0 unspecified atom stereocenters. The summed E-state index contributed by atoms with van der Waals surface area (Å²) in [6.45, 7) is 5.05. The van der Waals surface area contributed by atoms with Crippen LogP contribution in [0.2, 0.25) is 0 Å². The first-order chi connectivity index (χ1) is 14.4. The lowest BCUT2D eigenvalue weighted by atomic mass is 9.97. The Balaban J connectivity index is 1.62. The smallest absolute Gasteiger partial charge is 0.263 e. The molecule has 2 heterocycles. The first-order valence-electron chi connectivity index (χ1n) is 10.4. The zero-order valence-corrected chi connectivity index (χ0v) is 17.4. The molecule has 2 atom stereocenters. The summed E-state index contributed by atoms with van der Waals surface area (Å²) >= 11 is 0. The molecule has 156 valence electrons. The third kappa shape index (κ3) is 3.96. The molecule has 4 rings (SSSR count). The Hall–Kier alpha value is -3.12. The Labute approximate surface area is 175 Å². The van der Waals surface area contributed by atoms with E-state index in [4.69, 9.17) is 10.5 Å². The monoisotopic (exact) mass is 405 g/mol. The van der Waals surface area contributed by atoms with E-state index in [1.165, 1.54) is 0 Å². The molecule has 1 aromatic heterocycles. The Kier molecular flexibility index (Phi) is 5.59. The third-order valence-corrected chi connectivity index (χ3v) is 5.74. The number of pyridine rings is 1. The van der Waals surface area contributed by atoms with E-state index in [1.807, 2.05) is 43.3 Å². The number of rotatable bonds is 4. The number of fused-ring (bicyclic) bond motifs is 1. The Morgan fingerprint density at radius 2 is 2.00 bits per heavy atom. The molecule has 0 saturated carbocycles. The summed E-state index contributed by atoms with van der Waals surface area (Å²) in [5, 5.41) is 1.38. The third-order valence-electron chi connectivity index (χ3n) is 5.74. The molecule has 30 heavy (non-hydrogen) atoms. The van der Waals surface area contributed by atoms with Crippen molar-refractivity contribution in [3.63, 3.8) is 0 Å². The van der Waals surface area contributed by atoms with Crippen LogP contribution in [0.5, 0.6) is 5.75 Å². The molecule has 6 heteroatoms. The maximum Gasteiger partial charge on any atom is 0.263 e. The Morgan fingerprint density at radius 1 is 1.20 bits per heavy atom. The van der Waals surface area contributed by atoms with E-state index in [0.717, 1.165) is 34.9 Å². The van der Waals surface area contributed by atoms with Gasteiger partial charge in [0.25, 0.3) is 11.5 Å². The van der Waals surface area contributed by atoms with E-state index < -0.39 is 6.10 Å². The number of aromatic amines is 1. The maximum absolute atomic E-state index is 12.7. The first-order valence-corrected chi connectivity index (χ1v) is 10.4. The van der Waals surface area contributed by atoms with Gasteiger partial charge in [-0.05, 0) is 61.4 Å². The van der Waals surface area contributed by atoms with Gasteiger partial charge in [-0.3, -0.25) is 9.59 Å². The van der Waals surface area contributed by atoms with Gasteiger partial charge in [-0.1, -0.05) is 24.3 Å². The number of aryl methyl sites for hydroxylation is 1. The second kappa shape index (κ2) is 8.32. The second-order valence-corrected chi connectivity index (χ2v) is 8.00. The number of nitrogens with zero attached hydrogens (tertiary/aromatic N) is 1. The number of aromatic nitrogens is 1. The minimum Gasteiger partial charge on any atom is -0.481 e. The van der Waals surface area contributed by atoms with Crippen LogP contribution in [-0.4, -0.2) is 41.0 Å². The van der Waals surface area contributed by atoms with Gasteiger partial charge < -0.3 is 20.4 Å². The number of carbonyl (C=O) groups excluding carboxylic acids is 1. The second-order valence-electron chi connectivity index (χ2n) is 8.00. The molecule has 0 radical (unpaired) electrons. The van der Waals surface area contributed by atoms with Gasteiger partial charge in [0, 0.05) is 30.9 Å². The average molecular weight is 405 g/mol. The van der Waals surface area contributed by atoms with E-state index in [1.54, 1.807) is 24.1 Å². The number of H-pyrrole nitrogens is 1. The van der Waals surface area contributed by atoms with Gasteiger partial charge in [0.1, 0.15) is 5.75 Å². The van der Waals surface area contributed by atoms with E-state index in [9.17, 15) is 9.59 Å². The van der Waals surface area contributed by atoms with Crippen LogP contribution in [0, 0.1) is 6.92 Å². The average Bonchev–Trinajstić information content (AvgIpc) is 2.74. The number of nitrogens with two attached hydrogens (primary N) is 1. The number of carbonyl (C=O) groups is 1. The Morgan fingerprint density at radius 3 is 2.77 bits per heavy atom. The summed E-state index contributed by atoms with van der Waals surface area (Å²) in [5.74, 6) is 0.421. The van der Waals surface area contributed by atoms with Gasteiger partial charge in [-0.2, -0.15) is 0 Å². The predicted octanol–water partition coefficient (Wildman–Crippen LogP) is 3.22. The van der Waals surface area contributed by atoms with Crippen LogP contribution >= 0.6 is 0 Å². The van der Waals surface area contributed by atoms with Crippen molar-refractivity contribution in [3.8, 4) is 16.9 Å². The standard InChI is InChI=1S/C24H27N3O3/c1-15-6-3-4-8-19(15)22-13-26-23(28)21-12-18(9-10-20(21)22)30-16(2)24(29)27-11-5-7-17(25)14-27/h3-4,6,8-10,12-13,16-17H,5,7,11,14,25H2,1-2H3,(H,26,28)/t16-,17-/m1/s1. The molecule has 1 fully saturated rings. The number of hydrogen-bond donors (Lipinski definition) is 2. The van der Waals surface area contributed by atoms with Gasteiger partial charge in [0.2, 0.25) is 0 Å². The van der Waals surface area contributed by atoms with Gasteiger partial charge >= 0.3 is 0 Å². The molecular formula is C24H27N3O3. The zero-order chi connectivity index (χ0) is 21.3. The van der Waals surface area contributed by atoms with Crippen molar-refractivity contribution in [2.24, 2.45) is 5.73 Å². The molecule has 3 N–H and O–H groups in total. The lowest BCUT2D eigenvalue weighted by Crippen LogP contribution is -2.49. The van der Waals surface area contributed by atoms with Gasteiger partial charge in [0.05, 0.1) is 5.39 Å². The fourth-order valence-electron chi connectivity index (χ4n) is 4.13. The summed E-state index contributed by atoms with van der Waals surface area (Å²) in [6.07, 6.45) is 2.95. The number of benzene rings is 2. The number of nitrogens with one attached hydrogen (secondary N) is 1. The van der Waals surface area contributed by atoms with E-state index in [2.05, 4.69) is 4.98 Å². The molecule has 2 aromatic carbocycles. The molecule has 6 nitrogen and oxygen atoms in total. The van der Waals surface area contributed by atoms with Crippen molar-refractivity contribution in [2.45, 2.75) is 38.8 Å². The summed E-state index contributed by atoms with van der Waals surface area (Å²) in [6, 6.07) is 13.5. The van der Waals surface area contributed by atoms with E-state index in [-0.39, 0.29) is 17.5 Å². The molecule has 1 amide bonds. The lowest BCUT2D eigenvalue weighted by molar-refractivity contribution is -0.139. The summed E-state index contributed by atoms with van der Waals surface area (Å²) < 4.78 is 5.91. The van der Waals surface area contributed by atoms with Gasteiger partial charge in [-0.15, -0.1) is 0 Å². The molecule has 3 aromatic rings. The first kappa shape index (κ1) is 20.2. The summed E-state index contributed by atoms with van der Waals surface area (Å²) in [7, 11) is 0. The highest BCUT2D eigenvalue weighted by Crippen LogP contribution is 2.30. The van der Waals surface area contributed by atoms with Gasteiger partial charge in [0.15, 0.2) is 6.10 Å². The quantitative estimate of drug-likeness (QED) is 0.698. The van der Waals surface area contributed by atoms with Crippen LogP contribution in [0.1, 0.15) is 25.3 Å². The van der Waals surface area contributed by atoms with Crippen LogP contribution in [0.3, 0.4) is 0 Å². The highest BCUT2D eigenvalue weighted by molar-refractivity contribution is 5.97. The largest absolute Gasteiger partial charge is 0.481 e. The number of amides is 1. The summed E-state index contributed by atoms with van der Waals surface area (Å²) in [4.78, 5) is 29.8. The molecule has 0 spiro atoms. The number of piperidine rings is 1. The van der Waals surface area contributed by atoms with Crippen molar-refractivity contribution >= 4 is 16.7 Å². The minimum atomic E-state index is -0.647. The van der Waals surface area contributed by atoms with Crippen molar-refractivity contribution in [3.05, 3.63) is 64.6 Å². The Bertz CT molecular complexity index is 1140. The fraction of sp³-hybridized carbons (Fsp3) is 0.333.